The summed E-state index contributed by atoms with van der Waals surface area (Å²) in [5.74, 6) is 0.514. The third kappa shape index (κ3) is 2.02. The first-order valence-electron chi connectivity index (χ1n) is 4.98. The lowest BCUT2D eigenvalue weighted by molar-refractivity contribution is 0.945. The molecule has 1 atom stereocenters. The van der Waals surface area contributed by atoms with Gasteiger partial charge in [-0.1, -0.05) is 67.6 Å². The maximum atomic E-state index is 2.29. The zero-order valence-corrected chi connectivity index (χ0v) is 8.35. The molecule has 0 spiro atoms. The average Bonchev–Trinajstić information content (AvgIpc) is 2.44. The van der Waals surface area contributed by atoms with Crippen LogP contribution >= 0.6 is 0 Å². The SMILES string of the molecule is C[C@@H]1C=CC=CC(c2ccccc2)=C1. The lowest BCUT2D eigenvalue weighted by atomic mass is 10.0. The van der Waals surface area contributed by atoms with E-state index in [0.717, 1.165) is 0 Å². The van der Waals surface area contributed by atoms with Crippen LogP contribution in [0.5, 0.6) is 0 Å². The normalized spacial score (nSPS) is 20.4. The lowest BCUT2D eigenvalue weighted by Crippen LogP contribution is -1.85. The summed E-state index contributed by atoms with van der Waals surface area (Å²) >= 11 is 0. The minimum Gasteiger partial charge on any atom is -0.0779 e. The van der Waals surface area contributed by atoms with Gasteiger partial charge in [-0.2, -0.15) is 0 Å². The first-order valence-corrected chi connectivity index (χ1v) is 4.98. The van der Waals surface area contributed by atoms with Crippen molar-refractivity contribution in [3.8, 4) is 0 Å². The molecule has 14 heavy (non-hydrogen) atoms. The molecule has 0 amide bonds. The van der Waals surface area contributed by atoms with Gasteiger partial charge in [0.15, 0.2) is 0 Å². The number of hydrogen-bond donors (Lipinski definition) is 0. The minimum absolute atomic E-state index is 0.514. The molecule has 1 aromatic rings. The molecule has 0 fully saturated rings. The molecule has 0 bridgehead atoms. The molecule has 1 aliphatic carbocycles. The van der Waals surface area contributed by atoms with Crippen LogP contribution in [-0.2, 0) is 0 Å². The van der Waals surface area contributed by atoms with Gasteiger partial charge in [0.05, 0.1) is 0 Å². The molecule has 2 rings (SSSR count). The van der Waals surface area contributed by atoms with Crippen LogP contribution in [0.25, 0.3) is 5.57 Å². The first-order chi connectivity index (χ1) is 6.86. The summed E-state index contributed by atoms with van der Waals surface area (Å²) in [6.07, 6.45) is 10.9. The van der Waals surface area contributed by atoms with E-state index in [2.05, 4.69) is 61.6 Å². The summed E-state index contributed by atoms with van der Waals surface area (Å²) < 4.78 is 0. The predicted octanol–water partition coefficient (Wildman–Crippen LogP) is 3.83. The smallest absolute Gasteiger partial charge is 0.00696 e. The van der Waals surface area contributed by atoms with E-state index in [9.17, 15) is 0 Å². The largest absolute Gasteiger partial charge is 0.0779 e. The van der Waals surface area contributed by atoms with Crippen LogP contribution in [0.1, 0.15) is 12.5 Å². The van der Waals surface area contributed by atoms with Gasteiger partial charge in [-0.25, -0.2) is 0 Å². The van der Waals surface area contributed by atoms with Gasteiger partial charge >= 0.3 is 0 Å². The average molecular weight is 182 g/mol. The topological polar surface area (TPSA) is 0 Å². The summed E-state index contributed by atoms with van der Waals surface area (Å²) in [4.78, 5) is 0. The number of rotatable bonds is 1. The van der Waals surface area contributed by atoms with Crippen LogP contribution in [0.15, 0.2) is 60.7 Å². The van der Waals surface area contributed by atoms with Gasteiger partial charge in [0.1, 0.15) is 0 Å². The van der Waals surface area contributed by atoms with Crippen molar-refractivity contribution >= 4 is 5.57 Å². The van der Waals surface area contributed by atoms with Crippen LogP contribution in [0.2, 0.25) is 0 Å². The molecular weight excluding hydrogens is 168 g/mol. The molecule has 0 aromatic heterocycles. The number of hydrogen-bond acceptors (Lipinski definition) is 0. The van der Waals surface area contributed by atoms with Gasteiger partial charge in [-0.05, 0) is 17.1 Å². The van der Waals surface area contributed by atoms with Gasteiger partial charge in [0, 0.05) is 0 Å². The van der Waals surface area contributed by atoms with E-state index in [1.165, 1.54) is 11.1 Å². The Hall–Kier alpha value is -1.56. The van der Waals surface area contributed by atoms with E-state index < -0.39 is 0 Å². The molecular formula is C14H14. The Labute approximate surface area is 85.3 Å². The highest BCUT2D eigenvalue weighted by Crippen LogP contribution is 2.20. The molecule has 0 unspecified atom stereocenters. The van der Waals surface area contributed by atoms with Crippen molar-refractivity contribution in [2.45, 2.75) is 6.92 Å². The predicted molar refractivity (Wildman–Crippen MR) is 61.9 cm³/mol. The van der Waals surface area contributed by atoms with Crippen molar-refractivity contribution in [1.29, 1.82) is 0 Å². The third-order valence-corrected chi connectivity index (χ3v) is 2.35. The zero-order valence-electron chi connectivity index (χ0n) is 8.35. The Morgan fingerprint density at radius 3 is 2.57 bits per heavy atom. The monoisotopic (exact) mass is 182 g/mol. The second kappa shape index (κ2) is 4.10. The fourth-order valence-electron chi connectivity index (χ4n) is 1.62. The molecule has 0 saturated carbocycles. The van der Waals surface area contributed by atoms with Crippen molar-refractivity contribution in [2.24, 2.45) is 5.92 Å². The molecule has 0 saturated heterocycles. The van der Waals surface area contributed by atoms with Crippen molar-refractivity contribution in [1.82, 2.24) is 0 Å². The van der Waals surface area contributed by atoms with E-state index in [-0.39, 0.29) is 0 Å². The molecule has 0 aliphatic heterocycles. The Morgan fingerprint density at radius 1 is 1.00 bits per heavy atom. The van der Waals surface area contributed by atoms with Gasteiger partial charge in [0.25, 0.3) is 0 Å². The van der Waals surface area contributed by atoms with E-state index in [4.69, 9.17) is 0 Å². The molecule has 1 aliphatic rings. The van der Waals surface area contributed by atoms with Gasteiger partial charge < -0.3 is 0 Å². The Bertz CT molecular complexity index is 380. The molecule has 0 radical (unpaired) electrons. The molecule has 1 aromatic carbocycles. The molecule has 0 N–H and O–H groups in total. The molecule has 70 valence electrons. The summed E-state index contributed by atoms with van der Waals surface area (Å²) in [5.41, 5.74) is 2.60. The van der Waals surface area contributed by atoms with Crippen LogP contribution in [0, 0.1) is 5.92 Å². The third-order valence-electron chi connectivity index (χ3n) is 2.35. The summed E-state index contributed by atoms with van der Waals surface area (Å²) in [6.45, 7) is 2.20. The van der Waals surface area contributed by atoms with Crippen molar-refractivity contribution < 1.29 is 0 Å². The standard InChI is InChI=1S/C14H14/c1-12-7-5-6-10-14(11-12)13-8-3-2-4-9-13/h2-12H,1H3/t12-/m1/s1. The van der Waals surface area contributed by atoms with Crippen LogP contribution in [-0.4, -0.2) is 0 Å². The minimum atomic E-state index is 0.514. The second-order valence-corrected chi connectivity index (χ2v) is 3.59. The highest BCUT2D eigenvalue weighted by Gasteiger charge is 2.00. The lowest BCUT2D eigenvalue weighted by Gasteiger charge is -2.03. The highest BCUT2D eigenvalue weighted by molar-refractivity contribution is 5.75. The van der Waals surface area contributed by atoms with Crippen LogP contribution in [0.3, 0.4) is 0 Å². The van der Waals surface area contributed by atoms with Crippen molar-refractivity contribution in [2.75, 3.05) is 0 Å². The zero-order chi connectivity index (χ0) is 9.80. The van der Waals surface area contributed by atoms with E-state index >= 15 is 0 Å². The van der Waals surface area contributed by atoms with E-state index in [0.29, 0.717) is 5.92 Å². The van der Waals surface area contributed by atoms with Gasteiger partial charge in [-0.3, -0.25) is 0 Å². The number of allylic oxidation sites excluding steroid dienone is 6. The van der Waals surface area contributed by atoms with Crippen LogP contribution < -0.4 is 0 Å². The van der Waals surface area contributed by atoms with Gasteiger partial charge in [0.2, 0.25) is 0 Å². The Morgan fingerprint density at radius 2 is 1.79 bits per heavy atom. The number of benzene rings is 1. The van der Waals surface area contributed by atoms with Crippen molar-refractivity contribution in [3.05, 3.63) is 66.3 Å². The maximum Gasteiger partial charge on any atom is -0.00696 e. The van der Waals surface area contributed by atoms with E-state index in [1.807, 2.05) is 6.07 Å². The molecule has 0 nitrogen and oxygen atoms in total. The summed E-state index contributed by atoms with van der Waals surface area (Å²) in [5, 5.41) is 0. The Kier molecular flexibility index (Phi) is 2.64. The molecule has 0 heterocycles. The summed E-state index contributed by atoms with van der Waals surface area (Å²) in [6, 6.07) is 10.5. The van der Waals surface area contributed by atoms with Gasteiger partial charge in [-0.15, -0.1) is 0 Å². The second-order valence-electron chi connectivity index (χ2n) is 3.59. The first kappa shape index (κ1) is 9.01. The van der Waals surface area contributed by atoms with E-state index in [1.54, 1.807) is 0 Å². The van der Waals surface area contributed by atoms with Crippen LogP contribution in [0.4, 0.5) is 0 Å². The highest BCUT2D eigenvalue weighted by atomic mass is 14.1. The summed E-state index contributed by atoms with van der Waals surface area (Å²) in [7, 11) is 0. The fourth-order valence-corrected chi connectivity index (χ4v) is 1.62. The maximum absolute atomic E-state index is 2.29. The Balaban J connectivity index is 2.35. The quantitative estimate of drug-likeness (QED) is 0.619. The fraction of sp³-hybridized carbons (Fsp3) is 0.143. The molecule has 0 heteroatoms. The van der Waals surface area contributed by atoms with Crippen molar-refractivity contribution in [3.63, 3.8) is 0 Å².